The van der Waals surface area contributed by atoms with E-state index >= 15 is 0 Å². The molecule has 23 heavy (non-hydrogen) atoms. The maximum absolute atomic E-state index is 11.4. The van der Waals surface area contributed by atoms with Crippen LogP contribution in [0.4, 0.5) is 0 Å². The van der Waals surface area contributed by atoms with Gasteiger partial charge in [0.25, 0.3) is 0 Å². The molecule has 2 N–H and O–H groups in total. The third-order valence-corrected chi connectivity index (χ3v) is 3.74. The Labute approximate surface area is 134 Å². The predicted molar refractivity (Wildman–Crippen MR) is 92.5 cm³/mol. The van der Waals surface area contributed by atoms with Gasteiger partial charge in [-0.3, -0.25) is 14.8 Å². The van der Waals surface area contributed by atoms with Crippen LogP contribution in [0.25, 0.3) is 21.8 Å². The fourth-order valence-corrected chi connectivity index (χ4v) is 2.54. The zero-order valence-corrected chi connectivity index (χ0v) is 13.1. The number of hydrogen-bond acceptors (Lipinski definition) is 4. The van der Waals surface area contributed by atoms with Crippen LogP contribution in [0.5, 0.6) is 0 Å². The third-order valence-electron chi connectivity index (χ3n) is 3.74. The molecule has 0 saturated heterocycles. The van der Waals surface area contributed by atoms with Crippen LogP contribution in [0.3, 0.4) is 0 Å². The summed E-state index contributed by atoms with van der Waals surface area (Å²) in [6, 6.07) is 11.3. The van der Waals surface area contributed by atoms with Crippen molar-refractivity contribution in [2.75, 3.05) is 0 Å². The van der Waals surface area contributed by atoms with Gasteiger partial charge in [-0.25, -0.2) is 4.98 Å². The largest absolute Gasteiger partial charge is 0.368 e. The SMILES string of the molecule is CC(C)[C@H](N=Cc1ccc2ccc3cccnc3c2n1)C(N)=O. The smallest absolute Gasteiger partial charge is 0.242 e. The van der Waals surface area contributed by atoms with Gasteiger partial charge in [0.2, 0.25) is 5.91 Å². The minimum atomic E-state index is -0.543. The normalized spacial score (nSPS) is 13.2. The number of nitrogens with two attached hydrogens (primary N) is 1. The summed E-state index contributed by atoms with van der Waals surface area (Å²) in [5, 5.41) is 2.06. The van der Waals surface area contributed by atoms with Gasteiger partial charge in [-0.05, 0) is 18.1 Å². The summed E-state index contributed by atoms with van der Waals surface area (Å²) in [6.45, 7) is 3.83. The van der Waals surface area contributed by atoms with Gasteiger partial charge in [-0.15, -0.1) is 0 Å². The van der Waals surface area contributed by atoms with Crippen LogP contribution in [0.1, 0.15) is 19.5 Å². The maximum Gasteiger partial charge on any atom is 0.242 e. The number of aliphatic imine (C=N–C) groups is 1. The van der Waals surface area contributed by atoms with E-state index in [-0.39, 0.29) is 5.92 Å². The number of amides is 1. The minimum Gasteiger partial charge on any atom is -0.368 e. The first kappa shape index (κ1) is 15.1. The molecule has 1 aromatic carbocycles. The first-order valence-electron chi connectivity index (χ1n) is 7.53. The van der Waals surface area contributed by atoms with Crippen molar-refractivity contribution in [3.8, 4) is 0 Å². The Bertz CT molecular complexity index is 902. The van der Waals surface area contributed by atoms with Crippen molar-refractivity contribution in [2.24, 2.45) is 16.6 Å². The lowest BCUT2D eigenvalue weighted by atomic mass is 10.1. The number of hydrogen-bond donors (Lipinski definition) is 1. The predicted octanol–water partition coefficient (Wildman–Crippen LogP) is 2.71. The van der Waals surface area contributed by atoms with Gasteiger partial charge in [-0.1, -0.05) is 38.1 Å². The molecule has 0 aliphatic carbocycles. The fourth-order valence-electron chi connectivity index (χ4n) is 2.54. The van der Waals surface area contributed by atoms with E-state index in [4.69, 9.17) is 5.73 Å². The lowest BCUT2D eigenvalue weighted by Gasteiger charge is -2.11. The van der Waals surface area contributed by atoms with Crippen molar-refractivity contribution in [1.29, 1.82) is 0 Å². The molecule has 5 heteroatoms. The highest BCUT2D eigenvalue weighted by molar-refractivity contribution is 6.03. The monoisotopic (exact) mass is 306 g/mol. The van der Waals surface area contributed by atoms with E-state index < -0.39 is 11.9 Å². The highest BCUT2D eigenvalue weighted by Gasteiger charge is 2.17. The summed E-state index contributed by atoms with van der Waals surface area (Å²) in [7, 11) is 0. The van der Waals surface area contributed by atoms with Crippen LogP contribution in [-0.2, 0) is 4.79 Å². The van der Waals surface area contributed by atoms with E-state index in [1.54, 1.807) is 12.4 Å². The number of benzene rings is 1. The quantitative estimate of drug-likeness (QED) is 0.594. The van der Waals surface area contributed by atoms with Crippen molar-refractivity contribution in [3.63, 3.8) is 0 Å². The van der Waals surface area contributed by atoms with Crippen LogP contribution in [0.15, 0.2) is 47.6 Å². The average Bonchev–Trinajstić information content (AvgIpc) is 2.54. The van der Waals surface area contributed by atoms with Crippen molar-refractivity contribution < 1.29 is 4.79 Å². The van der Waals surface area contributed by atoms with Crippen LogP contribution in [-0.4, -0.2) is 28.1 Å². The molecule has 1 atom stereocenters. The average molecular weight is 306 g/mol. The molecule has 2 aromatic heterocycles. The van der Waals surface area contributed by atoms with Gasteiger partial charge in [0.15, 0.2) is 0 Å². The molecule has 3 aromatic rings. The van der Waals surface area contributed by atoms with Gasteiger partial charge in [0.1, 0.15) is 6.04 Å². The molecule has 0 spiro atoms. The molecule has 0 radical (unpaired) electrons. The molecular formula is C18H18N4O. The topological polar surface area (TPSA) is 81.2 Å². The van der Waals surface area contributed by atoms with Crippen molar-refractivity contribution in [1.82, 2.24) is 9.97 Å². The van der Waals surface area contributed by atoms with Gasteiger partial charge >= 0.3 is 0 Å². The number of carbonyl (C=O) groups is 1. The van der Waals surface area contributed by atoms with E-state index in [2.05, 4.69) is 15.0 Å². The van der Waals surface area contributed by atoms with E-state index in [1.807, 2.05) is 50.2 Å². The Balaban J connectivity index is 2.05. The van der Waals surface area contributed by atoms with Crippen LogP contribution < -0.4 is 5.73 Å². The van der Waals surface area contributed by atoms with Crippen molar-refractivity contribution in [3.05, 3.63) is 48.3 Å². The molecule has 0 saturated carbocycles. The first-order chi connectivity index (χ1) is 11.1. The minimum absolute atomic E-state index is 0.0479. The van der Waals surface area contributed by atoms with Gasteiger partial charge in [0.05, 0.1) is 16.7 Å². The molecule has 1 amide bonds. The maximum atomic E-state index is 11.4. The first-order valence-corrected chi connectivity index (χ1v) is 7.53. The summed E-state index contributed by atoms with van der Waals surface area (Å²) < 4.78 is 0. The zero-order valence-electron chi connectivity index (χ0n) is 13.1. The molecule has 0 bridgehead atoms. The van der Waals surface area contributed by atoms with Crippen molar-refractivity contribution >= 4 is 33.9 Å². The van der Waals surface area contributed by atoms with Crippen molar-refractivity contribution in [2.45, 2.75) is 19.9 Å². The fraction of sp³-hybridized carbons (Fsp3) is 0.222. The number of nitrogens with zero attached hydrogens (tertiary/aromatic N) is 3. The molecule has 5 nitrogen and oxygen atoms in total. The molecule has 2 heterocycles. The molecule has 0 unspecified atom stereocenters. The van der Waals surface area contributed by atoms with Crippen LogP contribution >= 0.6 is 0 Å². The number of fused-ring (bicyclic) bond motifs is 3. The number of aromatic nitrogens is 2. The molecular weight excluding hydrogens is 288 g/mol. The van der Waals surface area contributed by atoms with E-state index in [1.165, 1.54) is 0 Å². The highest BCUT2D eigenvalue weighted by atomic mass is 16.1. The Morgan fingerprint density at radius 2 is 1.83 bits per heavy atom. The molecule has 3 rings (SSSR count). The third kappa shape index (κ3) is 3.04. The molecule has 116 valence electrons. The van der Waals surface area contributed by atoms with E-state index in [9.17, 15) is 4.79 Å². The van der Waals surface area contributed by atoms with Gasteiger partial charge < -0.3 is 5.73 Å². The summed E-state index contributed by atoms with van der Waals surface area (Å²) >= 11 is 0. The Morgan fingerprint density at radius 3 is 2.52 bits per heavy atom. The Hall–Kier alpha value is -2.82. The second-order valence-electron chi connectivity index (χ2n) is 5.82. The number of rotatable bonds is 4. The van der Waals surface area contributed by atoms with Crippen LogP contribution in [0, 0.1) is 5.92 Å². The van der Waals surface area contributed by atoms with E-state index in [0.717, 1.165) is 21.8 Å². The summed E-state index contributed by atoms with van der Waals surface area (Å²) in [5.74, 6) is -0.379. The summed E-state index contributed by atoms with van der Waals surface area (Å²) in [6.07, 6.45) is 3.36. The Kier molecular flexibility index (Phi) is 4.02. The van der Waals surface area contributed by atoms with E-state index in [0.29, 0.717) is 5.69 Å². The molecule has 0 aliphatic rings. The summed E-state index contributed by atoms with van der Waals surface area (Å²) in [4.78, 5) is 24.8. The second-order valence-corrected chi connectivity index (χ2v) is 5.82. The lowest BCUT2D eigenvalue weighted by Crippen LogP contribution is -2.31. The number of primary amides is 1. The standard InChI is InChI=1S/C18H18N4O/c1-11(2)15(18(19)23)21-10-14-8-7-13-6-5-12-4-3-9-20-16(12)17(13)22-14/h3-11,15H,1-2H3,(H2,19,23)/t15-/m0/s1. The van der Waals surface area contributed by atoms with Crippen LogP contribution in [0.2, 0.25) is 0 Å². The highest BCUT2D eigenvalue weighted by Crippen LogP contribution is 2.21. The molecule has 0 aliphatic heterocycles. The Morgan fingerprint density at radius 1 is 1.13 bits per heavy atom. The lowest BCUT2D eigenvalue weighted by molar-refractivity contribution is -0.119. The number of pyridine rings is 2. The van der Waals surface area contributed by atoms with Gasteiger partial charge in [-0.2, -0.15) is 0 Å². The van der Waals surface area contributed by atoms with Gasteiger partial charge in [0, 0.05) is 23.2 Å². The summed E-state index contributed by atoms with van der Waals surface area (Å²) in [5.41, 5.74) is 7.75. The number of carbonyl (C=O) groups excluding carboxylic acids is 1. The second kappa shape index (κ2) is 6.12. The zero-order chi connectivity index (χ0) is 16.4. The molecule has 0 fully saturated rings.